The van der Waals surface area contributed by atoms with E-state index in [1.807, 2.05) is 24.3 Å². The van der Waals surface area contributed by atoms with Crippen LogP contribution in [0.1, 0.15) is 49.7 Å². The van der Waals surface area contributed by atoms with E-state index in [0.717, 1.165) is 36.8 Å². The van der Waals surface area contributed by atoms with Crippen molar-refractivity contribution in [3.8, 4) is 17.9 Å². The third kappa shape index (κ3) is 3.03. The lowest BCUT2D eigenvalue weighted by atomic mass is 9.75. The molecule has 1 saturated carbocycles. The number of nitriles is 1. The first-order valence-corrected chi connectivity index (χ1v) is 8.62. The zero-order chi connectivity index (χ0) is 17.1. The fourth-order valence-electron chi connectivity index (χ4n) is 3.33. The number of amides is 1. The lowest BCUT2D eigenvalue weighted by Crippen LogP contribution is -2.65. The molecule has 0 aromatic heterocycles. The van der Waals surface area contributed by atoms with Crippen LogP contribution < -0.4 is 0 Å². The van der Waals surface area contributed by atoms with E-state index in [1.54, 1.807) is 4.90 Å². The van der Waals surface area contributed by atoms with E-state index in [1.165, 1.54) is 0 Å². The lowest BCUT2D eigenvalue weighted by molar-refractivity contribution is -0.148. The number of aliphatic hydroxyl groups excluding tert-OH is 1. The van der Waals surface area contributed by atoms with Crippen molar-refractivity contribution in [1.82, 2.24) is 4.90 Å². The first-order valence-electron chi connectivity index (χ1n) is 8.62. The van der Waals surface area contributed by atoms with E-state index in [4.69, 9.17) is 0 Å². The molecule has 1 aliphatic carbocycles. The van der Waals surface area contributed by atoms with Gasteiger partial charge < -0.3 is 10.0 Å². The van der Waals surface area contributed by atoms with Crippen LogP contribution in [0.15, 0.2) is 24.3 Å². The summed E-state index contributed by atoms with van der Waals surface area (Å²) in [7, 11) is 0. The van der Waals surface area contributed by atoms with Gasteiger partial charge >= 0.3 is 0 Å². The van der Waals surface area contributed by atoms with Crippen LogP contribution in [-0.2, 0) is 4.79 Å². The summed E-state index contributed by atoms with van der Waals surface area (Å²) in [5.74, 6) is 6.20. The van der Waals surface area contributed by atoms with Crippen LogP contribution in [0.5, 0.6) is 0 Å². The molecule has 1 heterocycles. The molecule has 4 nitrogen and oxygen atoms in total. The number of aliphatic hydroxyl groups is 1. The van der Waals surface area contributed by atoms with E-state index in [2.05, 4.69) is 24.8 Å². The van der Waals surface area contributed by atoms with Gasteiger partial charge in [0.25, 0.3) is 0 Å². The fraction of sp³-hybridized carbons (Fsp3) is 0.500. The van der Waals surface area contributed by atoms with Crippen LogP contribution in [0.2, 0.25) is 0 Å². The number of carbonyl (C=O) groups is 1. The van der Waals surface area contributed by atoms with Gasteiger partial charge in [-0.25, -0.2) is 0 Å². The summed E-state index contributed by atoms with van der Waals surface area (Å²) in [5, 5.41) is 19.2. The number of hydrogen-bond donors (Lipinski definition) is 1. The summed E-state index contributed by atoms with van der Waals surface area (Å²) in [6.07, 6.45) is 3.73. The summed E-state index contributed by atoms with van der Waals surface area (Å²) in [6, 6.07) is 9.31. The summed E-state index contributed by atoms with van der Waals surface area (Å²) >= 11 is 0. The van der Waals surface area contributed by atoms with Crippen LogP contribution in [0, 0.1) is 29.1 Å². The minimum Gasteiger partial charge on any atom is -0.394 e. The van der Waals surface area contributed by atoms with E-state index in [0.29, 0.717) is 0 Å². The van der Waals surface area contributed by atoms with Gasteiger partial charge in [-0.05, 0) is 37.0 Å². The molecule has 0 spiro atoms. The molecule has 2 aliphatic rings. The largest absolute Gasteiger partial charge is 0.394 e. The highest BCUT2D eigenvalue weighted by atomic mass is 16.3. The predicted molar refractivity (Wildman–Crippen MR) is 90.8 cm³/mol. The average Bonchev–Trinajstić information content (AvgIpc) is 3.41. The van der Waals surface area contributed by atoms with E-state index in [9.17, 15) is 15.2 Å². The van der Waals surface area contributed by atoms with Crippen LogP contribution in [0.25, 0.3) is 0 Å². The summed E-state index contributed by atoms with van der Waals surface area (Å²) in [5.41, 5.74) is 1.94. The molecule has 24 heavy (non-hydrogen) atoms. The molecule has 1 aromatic rings. The van der Waals surface area contributed by atoms with Crippen LogP contribution >= 0.6 is 0 Å². The Morgan fingerprint density at radius 1 is 1.33 bits per heavy atom. The maximum absolute atomic E-state index is 12.3. The predicted octanol–water partition coefficient (Wildman–Crippen LogP) is 2.43. The molecule has 0 unspecified atom stereocenters. The summed E-state index contributed by atoms with van der Waals surface area (Å²) in [6.45, 7) is 1.99. The lowest BCUT2D eigenvalue weighted by Gasteiger charge is -2.51. The summed E-state index contributed by atoms with van der Waals surface area (Å²) in [4.78, 5) is 13.9. The zero-order valence-electron chi connectivity index (χ0n) is 13.9. The van der Waals surface area contributed by atoms with Gasteiger partial charge in [0.2, 0.25) is 5.91 Å². The Bertz CT molecular complexity index is 704. The highest BCUT2D eigenvalue weighted by Gasteiger charge is 2.53. The topological polar surface area (TPSA) is 64.3 Å². The van der Waals surface area contributed by atoms with Crippen LogP contribution in [-0.4, -0.2) is 34.6 Å². The Morgan fingerprint density at radius 2 is 2.04 bits per heavy atom. The van der Waals surface area contributed by atoms with E-state index < -0.39 is 6.04 Å². The van der Waals surface area contributed by atoms with Crippen molar-refractivity contribution < 1.29 is 9.90 Å². The molecular weight excluding hydrogens is 300 g/mol. The van der Waals surface area contributed by atoms with Crippen LogP contribution in [0.4, 0.5) is 0 Å². The third-order valence-corrected chi connectivity index (χ3v) is 4.82. The smallest absolute Gasteiger partial charge is 0.227 e. The molecule has 2 fully saturated rings. The van der Waals surface area contributed by atoms with Crippen molar-refractivity contribution >= 4 is 5.91 Å². The molecule has 0 bridgehead atoms. The van der Waals surface area contributed by atoms with Gasteiger partial charge in [0.1, 0.15) is 6.04 Å². The second-order valence-corrected chi connectivity index (χ2v) is 6.54. The van der Waals surface area contributed by atoms with Gasteiger partial charge in [0, 0.05) is 23.8 Å². The molecule has 3 rings (SSSR count). The number of carbonyl (C=O) groups excluding carboxylic acids is 1. The molecule has 3 atom stereocenters. The Morgan fingerprint density at radius 3 is 2.58 bits per heavy atom. The molecule has 1 saturated heterocycles. The second-order valence-electron chi connectivity index (χ2n) is 6.54. The highest BCUT2D eigenvalue weighted by molar-refractivity contribution is 5.83. The van der Waals surface area contributed by atoms with Gasteiger partial charge in [0.05, 0.1) is 18.7 Å². The summed E-state index contributed by atoms with van der Waals surface area (Å²) < 4.78 is 0. The molecule has 1 N–H and O–H groups in total. The third-order valence-electron chi connectivity index (χ3n) is 4.82. The first kappa shape index (κ1) is 16.6. The average molecular weight is 322 g/mol. The molecule has 4 heteroatoms. The standard InChI is InChI=1S/C20H22N2O2/c1-2-3-4-5-14-6-8-15(9-7-14)19-17(12-21)22(18(19)13-23)20(24)16-10-11-16/h6-9,16-19,23H,2-3,10-11,13H2,1H3/t17-,18-,19-/m1/s1. The molecule has 0 radical (unpaired) electrons. The van der Waals surface area contributed by atoms with Crippen molar-refractivity contribution in [2.75, 3.05) is 6.61 Å². The van der Waals surface area contributed by atoms with Gasteiger partial charge in [0.15, 0.2) is 0 Å². The van der Waals surface area contributed by atoms with Crippen LogP contribution in [0.3, 0.4) is 0 Å². The second kappa shape index (κ2) is 7.07. The van der Waals surface area contributed by atoms with Gasteiger partial charge in [-0.2, -0.15) is 5.26 Å². The normalized spacial score (nSPS) is 25.2. The zero-order valence-corrected chi connectivity index (χ0v) is 13.9. The Hall–Kier alpha value is -2.30. The monoisotopic (exact) mass is 322 g/mol. The van der Waals surface area contributed by atoms with E-state index in [-0.39, 0.29) is 30.4 Å². The number of nitrogens with zero attached hydrogens (tertiary/aromatic N) is 2. The van der Waals surface area contributed by atoms with Crippen molar-refractivity contribution in [3.63, 3.8) is 0 Å². The maximum atomic E-state index is 12.3. The number of unbranched alkanes of at least 4 members (excludes halogenated alkanes) is 1. The molecule has 1 aromatic carbocycles. The van der Waals surface area contributed by atoms with Gasteiger partial charge in [-0.1, -0.05) is 30.9 Å². The van der Waals surface area contributed by atoms with Gasteiger partial charge in [-0.15, -0.1) is 0 Å². The van der Waals surface area contributed by atoms with Crippen molar-refractivity contribution in [2.45, 2.75) is 50.6 Å². The molecule has 124 valence electrons. The van der Waals surface area contributed by atoms with Crippen molar-refractivity contribution in [3.05, 3.63) is 35.4 Å². The van der Waals surface area contributed by atoms with Gasteiger partial charge in [-0.3, -0.25) is 4.79 Å². The quantitative estimate of drug-likeness (QED) is 0.866. The van der Waals surface area contributed by atoms with Crippen molar-refractivity contribution in [2.24, 2.45) is 5.92 Å². The minimum atomic E-state index is -0.479. The Labute approximate surface area is 143 Å². The van der Waals surface area contributed by atoms with E-state index >= 15 is 0 Å². The maximum Gasteiger partial charge on any atom is 0.227 e. The molecular formula is C20H22N2O2. The number of benzene rings is 1. The first-order chi connectivity index (χ1) is 11.7. The molecule has 1 amide bonds. The number of hydrogen-bond acceptors (Lipinski definition) is 3. The number of rotatable bonds is 4. The minimum absolute atomic E-state index is 0.0268. The highest BCUT2D eigenvalue weighted by Crippen LogP contribution is 2.44. The fourth-order valence-corrected chi connectivity index (χ4v) is 3.33. The Kier molecular flexibility index (Phi) is 4.88. The molecule has 1 aliphatic heterocycles. The number of likely N-dealkylation sites (tertiary alicyclic amines) is 1. The Balaban J connectivity index is 1.77. The van der Waals surface area contributed by atoms with Crippen molar-refractivity contribution in [1.29, 1.82) is 5.26 Å². The SMILES string of the molecule is CCCC#Cc1ccc([C@@H]2[C@@H](C#N)N(C(=O)C3CC3)[C@@H]2CO)cc1.